The number of rotatable bonds is 9. The Labute approximate surface area is 229 Å². The number of hydrogen-bond acceptors (Lipinski definition) is 6. The maximum absolute atomic E-state index is 12.6. The zero-order valence-corrected chi connectivity index (χ0v) is 22.3. The number of carbonyl (C=O) groups is 3. The van der Waals surface area contributed by atoms with E-state index in [2.05, 4.69) is 33.2 Å². The summed E-state index contributed by atoms with van der Waals surface area (Å²) in [6.07, 6.45) is 2.43. The van der Waals surface area contributed by atoms with Gasteiger partial charge < -0.3 is 20.9 Å². The Kier molecular flexibility index (Phi) is 10.1. The number of carbonyl (C=O) groups excluding carboxylic acids is 3. The fourth-order valence-corrected chi connectivity index (χ4v) is 4.14. The van der Waals surface area contributed by atoms with Crippen molar-refractivity contribution in [1.29, 1.82) is 0 Å². The van der Waals surface area contributed by atoms with Crippen LogP contribution in [0.3, 0.4) is 0 Å². The molecule has 0 bridgehead atoms. The minimum Gasteiger partial charge on any atom is -0.508 e. The van der Waals surface area contributed by atoms with Crippen LogP contribution in [-0.2, 0) is 9.53 Å². The molecule has 3 aromatic carbocycles. The van der Waals surface area contributed by atoms with Crippen molar-refractivity contribution in [2.24, 2.45) is 5.92 Å². The van der Waals surface area contributed by atoms with Crippen LogP contribution in [0.15, 0.2) is 84.9 Å². The zero-order chi connectivity index (χ0) is 26.8. The number of ether oxygens (including phenoxy) is 1. The molecule has 0 radical (unpaired) electrons. The first-order chi connectivity index (χ1) is 17.7. The Morgan fingerprint density at radius 3 is 2.49 bits per heavy atom. The van der Waals surface area contributed by atoms with Crippen molar-refractivity contribution in [3.8, 4) is 5.75 Å². The quantitative estimate of drug-likeness (QED) is 0.137. The number of nitrogens with two attached hydrogens (primary N) is 1. The zero-order valence-electron chi connectivity index (χ0n) is 20.2. The number of halogens is 1. The van der Waals surface area contributed by atoms with E-state index in [0.717, 1.165) is 3.57 Å². The number of hydrogen-bond donors (Lipinski definition) is 4. The highest BCUT2D eigenvalue weighted by Gasteiger charge is 2.27. The third kappa shape index (κ3) is 8.35. The van der Waals surface area contributed by atoms with Crippen molar-refractivity contribution in [3.05, 3.63) is 99.6 Å². The van der Waals surface area contributed by atoms with Gasteiger partial charge in [-0.25, -0.2) is 4.79 Å². The van der Waals surface area contributed by atoms with Gasteiger partial charge in [0.05, 0.1) is 11.4 Å². The van der Waals surface area contributed by atoms with Crippen LogP contribution in [0.2, 0.25) is 0 Å². The van der Waals surface area contributed by atoms with E-state index in [1.54, 1.807) is 72.8 Å². The van der Waals surface area contributed by atoms with Gasteiger partial charge in [-0.15, -0.1) is 0 Å². The van der Waals surface area contributed by atoms with Gasteiger partial charge in [-0.1, -0.05) is 43.3 Å². The molecular weight excluding hydrogens is 585 g/mol. The first-order valence-electron chi connectivity index (χ1n) is 11.6. The number of nitrogen functional groups attached to an aromatic ring is 1. The normalized spacial score (nSPS) is 12.5. The van der Waals surface area contributed by atoms with Crippen molar-refractivity contribution in [3.63, 3.8) is 0 Å². The summed E-state index contributed by atoms with van der Waals surface area (Å²) in [5.41, 5.74) is 7.61. The number of imide groups is 1. The van der Waals surface area contributed by atoms with Crippen LogP contribution >= 0.6 is 22.6 Å². The van der Waals surface area contributed by atoms with Gasteiger partial charge in [-0.05, 0) is 89.9 Å². The van der Waals surface area contributed by atoms with E-state index in [4.69, 9.17) is 10.5 Å². The molecule has 0 aliphatic rings. The summed E-state index contributed by atoms with van der Waals surface area (Å²) in [5, 5.41) is 15.4. The van der Waals surface area contributed by atoms with E-state index in [1.807, 2.05) is 6.92 Å². The fourth-order valence-electron chi connectivity index (χ4n) is 3.62. The molecule has 3 amide bonds. The van der Waals surface area contributed by atoms with Crippen LogP contribution in [0.5, 0.6) is 5.75 Å². The highest BCUT2D eigenvalue weighted by Crippen LogP contribution is 2.35. The minimum absolute atomic E-state index is 0.0187. The number of phenols is 1. The highest BCUT2D eigenvalue weighted by atomic mass is 127. The molecule has 0 fully saturated rings. The predicted octanol–water partition coefficient (Wildman–Crippen LogP) is 5.80. The molecular formula is C28H28IN3O5. The van der Waals surface area contributed by atoms with Crippen molar-refractivity contribution in [2.45, 2.75) is 25.9 Å². The van der Waals surface area contributed by atoms with E-state index in [1.165, 1.54) is 12.1 Å². The summed E-state index contributed by atoms with van der Waals surface area (Å²) in [5.74, 6) is -1.17. The molecule has 0 unspecified atom stereocenters. The molecule has 0 spiro atoms. The number of anilines is 2. The highest BCUT2D eigenvalue weighted by molar-refractivity contribution is 14.1. The van der Waals surface area contributed by atoms with E-state index < -0.39 is 18.1 Å². The second kappa shape index (κ2) is 13.4. The van der Waals surface area contributed by atoms with Crippen LogP contribution in [0.25, 0.3) is 0 Å². The number of para-hydroxylation sites is 2. The monoisotopic (exact) mass is 613 g/mol. The van der Waals surface area contributed by atoms with Crippen LogP contribution in [-0.4, -0.2) is 23.0 Å². The van der Waals surface area contributed by atoms with Gasteiger partial charge in [0.15, 0.2) is 0 Å². The van der Waals surface area contributed by atoms with Gasteiger partial charge in [-0.3, -0.25) is 14.9 Å². The summed E-state index contributed by atoms with van der Waals surface area (Å²) in [6, 6.07) is 20.3. The standard InChI is InChI=1S/C28H28IN3O5/c1-18(9-5-8-14-25(34)31-23-13-7-6-12-22(23)30)26(21-17-20(29)15-16-24(21)33)37-28(36)32-27(35)19-10-3-2-4-11-19/h2-4,6-8,10-18,26,33H,5,9,30H2,1H3,(H,31,34)(H,32,35,36)/b14-8+/t18-,26+/m1/s1. The average Bonchev–Trinajstić information content (AvgIpc) is 2.88. The predicted molar refractivity (Wildman–Crippen MR) is 151 cm³/mol. The number of phenolic OH excluding ortho intramolecular Hbond substituents is 1. The molecule has 0 aliphatic heterocycles. The minimum atomic E-state index is -0.917. The third-order valence-corrected chi connectivity index (χ3v) is 6.25. The molecule has 9 heteroatoms. The SMILES string of the molecule is C[C@H](CC/C=C/C(=O)Nc1ccccc1N)[C@H](OC(=O)NC(=O)c1ccccc1)c1cc(I)ccc1O. The molecule has 3 rings (SSSR count). The second-order valence-electron chi connectivity index (χ2n) is 8.38. The molecule has 0 aromatic heterocycles. The maximum atomic E-state index is 12.6. The Morgan fingerprint density at radius 2 is 1.76 bits per heavy atom. The molecule has 3 aromatic rings. The Bertz CT molecular complexity index is 1280. The number of aromatic hydroxyl groups is 1. The van der Waals surface area contributed by atoms with Crippen molar-refractivity contribution >= 4 is 51.9 Å². The number of nitrogens with one attached hydrogen (secondary N) is 2. The lowest BCUT2D eigenvalue weighted by Gasteiger charge is -2.25. The number of benzene rings is 3. The van der Waals surface area contributed by atoms with Gasteiger partial charge in [0.2, 0.25) is 5.91 Å². The average molecular weight is 613 g/mol. The van der Waals surface area contributed by atoms with Gasteiger partial charge >= 0.3 is 6.09 Å². The second-order valence-corrected chi connectivity index (χ2v) is 9.63. The van der Waals surface area contributed by atoms with Gasteiger partial charge in [-0.2, -0.15) is 0 Å². The third-order valence-electron chi connectivity index (χ3n) is 5.58. The first-order valence-corrected chi connectivity index (χ1v) is 12.7. The molecule has 37 heavy (non-hydrogen) atoms. The van der Waals surface area contributed by atoms with Crippen LogP contribution in [0.4, 0.5) is 16.2 Å². The molecule has 0 heterocycles. The van der Waals surface area contributed by atoms with Crippen molar-refractivity contribution in [2.75, 3.05) is 11.1 Å². The molecule has 0 aliphatic carbocycles. The number of amides is 3. The summed E-state index contributed by atoms with van der Waals surface area (Å²) >= 11 is 2.11. The lowest BCUT2D eigenvalue weighted by atomic mass is 9.92. The topological polar surface area (TPSA) is 131 Å². The van der Waals surface area contributed by atoms with Crippen LogP contribution in [0, 0.1) is 9.49 Å². The van der Waals surface area contributed by atoms with E-state index in [-0.39, 0.29) is 17.6 Å². The smallest absolute Gasteiger partial charge is 0.414 e. The largest absolute Gasteiger partial charge is 0.508 e. The molecule has 2 atom stereocenters. The molecule has 5 N–H and O–H groups in total. The lowest BCUT2D eigenvalue weighted by molar-refractivity contribution is -0.111. The van der Waals surface area contributed by atoms with Gasteiger partial charge in [0.1, 0.15) is 11.9 Å². The van der Waals surface area contributed by atoms with Gasteiger partial charge in [0.25, 0.3) is 5.91 Å². The fraction of sp³-hybridized carbons (Fsp3) is 0.179. The van der Waals surface area contributed by atoms with Crippen molar-refractivity contribution < 1.29 is 24.2 Å². The lowest BCUT2D eigenvalue weighted by Crippen LogP contribution is -2.33. The van der Waals surface area contributed by atoms with Gasteiger partial charge in [0, 0.05) is 14.7 Å². The summed E-state index contributed by atoms with van der Waals surface area (Å²) < 4.78 is 6.50. The number of alkyl carbamates (subject to hydrolysis) is 1. The van der Waals surface area contributed by atoms with E-state index in [0.29, 0.717) is 35.3 Å². The Morgan fingerprint density at radius 1 is 1.05 bits per heavy atom. The Balaban J connectivity index is 1.65. The van der Waals surface area contributed by atoms with Crippen LogP contribution in [0.1, 0.15) is 41.8 Å². The summed E-state index contributed by atoms with van der Waals surface area (Å²) in [7, 11) is 0. The van der Waals surface area contributed by atoms with E-state index in [9.17, 15) is 19.5 Å². The maximum Gasteiger partial charge on any atom is 0.414 e. The summed E-state index contributed by atoms with van der Waals surface area (Å²) in [4.78, 5) is 37.2. The Hall–Kier alpha value is -3.86. The molecule has 0 saturated carbocycles. The number of allylic oxidation sites excluding steroid dienone is 1. The van der Waals surface area contributed by atoms with Crippen LogP contribution < -0.4 is 16.4 Å². The molecule has 8 nitrogen and oxygen atoms in total. The summed E-state index contributed by atoms with van der Waals surface area (Å²) in [6.45, 7) is 1.87. The van der Waals surface area contributed by atoms with E-state index >= 15 is 0 Å². The van der Waals surface area contributed by atoms with Crippen molar-refractivity contribution in [1.82, 2.24) is 5.32 Å². The molecule has 192 valence electrons. The molecule has 0 saturated heterocycles. The first kappa shape index (κ1) is 27.7.